The van der Waals surface area contributed by atoms with Gasteiger partial charge in [-0.3, -0.25) is 4.68 Å². The summed E-state index contributed by atoms with van der Waals surface area (Å²) in [6.45, 7) is 4.26. The second-order valence-corrected chi connectivity index (χ2v) is 6.62. The van der Waals surface area contributed by atoms with Crippen LogP contribution in [0.4, 0.5) is 5.82 Å². The van der Waals surface area contributed by atoms with E-state index in [-0.39, 0.29) is 6.04 Å². The summed E-state index contributed by atoms with van der Waals surface area (Å²) >= 11 is 0. The van der Waals surface area contributed by atoms with Crippen molar-refractivity contribution in [3.05, 3.63) is 60.3 Å². The summed E-state index contributed by atoms with van der Waals surface area (Å²) < 4.78 is 3.68. The van der Waals surface area contributed by atoms with Gasteiger partial charge in [0.2, 0.25) is 0 Å². The van der Waals surface area contributed by atoms with Gasteiger partial charge in [0.05, 0.1) is 23.3 Å². The smallest absolute Gasteiger partial charge is 0.163 e. The van der Waals surface area contributed by atoms with Gasteiger partial charge in [0, 0.05) is 25.9 Å². The zero-order valence-corrected chi connectivity index (χ0v) is 15.8. The van der Waals surface area contributed by atoms with Crippen LogP contribution in [0.2, 0.25) is 0 Å². The molecule has 0 unspecified atom stereocenters. The average Bonchev–Trinajstić information content (AvgIpc) is 3.33. The number of aromatic nitrogens is 6. The molecular formula is C20H23N7. The first-order valence-electron chi connectivity index (χ1n) is 9.21. The summed E-state index contributed by atoms with van der Waals surface area (Å²) in [5, 5.41) is 13.2. The molecular weight excluding hydrogens is 338 g/mol. The topological polar surface area (TPSA) is 73.5 Å². The lowest BCUT2D eigenvalue weighted by molar-refractivity contribution is 0.770. The lowest BCUT2D eigenvalue weighted by Crippen LogP contribution is -2.13. The Hall–Kier alpha value is -3.22. The quantitative estimate of drug-likeness (QED) is 0.567. The summed E-state index contributed by atoms with van der Waals surface area (Å²) in [5.41, 5.74) is 3.05. The molecule has 0 aliphatic carbocycles. The number of para-hydroxylation sites is 1. The molecule has 0 fully saturated rings. The van der Waals surface area contributed by atoms with Crippen LogP contribution in [0.1, 0.15) is 37.7 Å². The van der Waals surface area contributed by atoms with Crippen LogP contribution < -0.4 is 5.32 Å². The van der Waals surface area contributed by atoms with Crippen LogP contribution in [-0.2, 0) is 13.5 Å². The molecule has 1 atom stereocenters. The molecule has 27 heavy (non-hydrogen) atoms. The Labute approximate surface area is 158 Å². The van der Waals surface area contributed by atoms with Gasteiger partial charge in [0.15, 0.2) is 5.65 Å². The lowest BCUT2D eigenvalue weighted by atomic mass is 10.1. The summed E-state index contributed by atoms with van der Waals surface area (Å²) in [6, 6.07) is 10.2. The summed E-state index contributed by atoms with van der Waals surface area (Å²) in [5.74, 6) is 1.66. The van der Waals surface area contributed by atoms with Crippen molar-refractivity contribution in [1.29, 1.82) is 0 Å². The van der Waals surface area contributed by atoms with Crippen molar-refractivity contribution in [2.75, 3.05) is 5.32 Å². The maximum Gasteiger partial charge on any atom is 0.163 e. The number of hydrogen-bond donors (Lipinski definition) is 1. The van der Waals surface area contributed by atoms with Crippen LogP contribution in [-0.4, -0.2) is 29.5 Å². The molecule has 1 aromatic carbocycles. The molecule has 0 amide bonds. The van der Waals surface area contributed by atoms with Gasteiger partial charge in [-0.2, -0.15) is 10.2 Å². The molecule has 3 heterocycles. The van der Waals surface area contributed by atoms with Gasteiger partial charge in [-0.15, -0.1) is 0 Å². The van der Waals surface area contributed by atoms with Gasteiger partial charge >= 0.3 is 0 Å². The van der Waals surface area contributed by atoms with Crippen LogP contribution in [0.15, 0.2) is 48.9 Å². The fraction of sp³-hybridized carbons (Fsp3) is 0.300. The van der Waals surface area contributed by atoms with Crippen molar-refractivity contribution in [2.45, 2.75) is 32.7 Å². The Balaban J connectivity index is 1.73. The molecule has 0 spiro atoms. The Morgan fingerprint density at radius 3 is 2.74 bits per heavy atom. The molecule has 4 rings (SSSR count). The maximum absolute atomic E-state index is 4.76. The first-order chi connectivity index (χ1) is 13.2. The van der Waals surface area contributed by atoms with Gasteiger partial charge < -0.3 is 5.32 Å². The van der Waals surface area contributed by atoms with Crippen LogP contribution >= 0.6 is 0 Å². The molecule has 3 aromatic heterocycles. The molecule has 0 aliphatic rings. The van der Waals surface area contributed by atoms with E-state index in [1.807, 2.05) is 42.3 Å². The van der Waals surface area contributed by atoms with Crippen LogP contribution in [0.3, 0.4) is 0 Å². The Morgan fingerprint density at radius 1 is 1.11 bits per heavy atom. The number of benzene rings is 1. The highest BCUT2D eigenvalue weighted by atomic mass is 15.3. The normalized spacial score (nSPS) is 12.4. The van der Waals surface area contributed by atoms with Gasteiger partial charge in [0.1, 0.15) is 11.6 Å². The second kappa shape index (κ2) is 7.19. The molecule has 0 radical (unpaired) electrons. The van der Waals surface area contributed by atoms with Gasteiger partial charge in [-0.25, -0.2) is 14.6 Å². The Bertz CT molecular complexity index is 1050. The minimum Gasteiger partial charge on any atom is -0.363 e. The molecule has 0 saturated carbocycles. The van der Waals surface area contributed by atoms with E-state index >= 15 is 0 Å². The van der Waals surface area contributed by atoms with Crippen molar-refractivity contribution in [2.24, 2.45) is 7.05 Å². The van der Waals surface area contributed by atoms with Crippen molar-refractivity contribution in [3.63, 3.8) is 0 Å². The summed E-state index contributed by atoms with van der Waals surface area (Å²) in [7, 11) is 1.91. The monoisotopic (exact) mass is 361 g/mol. The highest BCUT2D eigenvalue weighted by molar-refractivity contribution is 5.86. The molecule has 1 N–H and O–H groups in total. The van der Waals surface area contributed by atoms with Crippen molar-refractivity contribution >= 4 is 16.9 Å². The minimum absolute atomic E-state index is 0.0400. The SMILES string of the molecule is CCCc1nc(N[C@@H](C)c2ccccc2-n2cccn2)c2cnn(C)c2n1. The zero-order chi connectivity index (χ0) is 18.8. The van der Waals surface area contributed by atoms with E-state index in [1.165, 1.54) is 0 Å². The van der Waals surface area contributed by atoms with Crippen molar-refractivity contribution in [1.82, 2.24) is 29.5 Å². The average molecular weight is 361 g/mol. The van der Waals surface area contributed by atoms with Crippen LogP contribution in [0.5, 0.6) is 0 Å². The Kier molecular flexibility index (Phi) is 4.58. The number of rotatable bonds is 6. The summed E-state index contributed by atoms with van der Waals surface area (Å²) in [6.07, 6.45) is 7.40. The van der Waals surface area contributed by atoms with E-state index < -0.39 is 0 Å². The highest BCUT2D eigenvalue weighted by Gasteiger charge is 2.16. The fourth-order valence-corrected chi connectivity index (χ4v) is 3.27. The number of hydrogen-bond acceptors (Lipinski definition) is 5. The minimum atomic E-state index is 0.0400. The fourth-order valence-electron chi connectivity index (χ4n) is 3.27. The van der Waals surface area contributed by atoms with Crippen molar-refractivity contribution in [3.8, 4) is 5.69 Å². The molecule has 138 valence electrons. The van der Waals surface area contributed by atoms with E-state index in [1.54, 1.807) is 10.9 Å². The second-order valence-electron chi connectivity index (χ2n) is 6.62. The standard InChI is InChI=1S/C20H23N7/c1-4-8-18-24-19(16-13-22-26(3)20(16)25-18)23-14(2)15-9-5-6-10-17(15)27-12-7-11-21-27/h5-7,9-14H,4,8H2,1-3H3,(H,23,24,25)/t14-/m0/s1. The van der Waals surface area contributed by atoms with E-state index in [4.69, 9.17) is 4.98 Å². The third kappa shape index (κ3) is 3.28. The van der Waals surface area contributed by atoms with Gasteiger partial charge in [0.25, 0.3) is 0 Å². The third-order valence-electron chi connectivity index (χ3n) is 4.62. The molecule has 7 heteroatoms. The van der Waals surface area contributed by atoms with Crippen LogP contribution in [0, 0.1) is 0 Å². The molecule has 4 aromatic rings. The van der Waals surface area contributed by atoms with Gasteiger partial charge in [-0.05, 0) is 31.0 Å². The lowest BCUT2D eigenvalue weighted by Gasteiger charge is -2.19. The molecule has 7 nitrogen and oxygen atoms in total. The maximum atomic E-state index is 4.76. The highest BCUT2D eigenvalue weighted by Crippen LogP contribution is 2.27. The van der Waals surface area contributed by atoms with Crippen molar-refractivity contribution < 1.29 is 0 Å². The Morgan fingerprint density at radius 2 is 1.96 bits per heavy atom. The van der Waals surface area contributed by atoms with E-state index in [0.717, 1.165) is 46.8 Å². The first kappa shape index (κ1) is 17.2. The van der Waals surface area contributed by atoms with Gasteiger partial charge in [-0.1, -0.05) is 25.1 Å². The largest absolute Gasteiger partial charge is 0.363 e. The molecule has 0 bridgehead atoms. The number of nitrogens with one attached hydrogen (secondary N) is 1. The predicted octanol–water partition coefficient (Wildman–Crippen LogP) is 3.67. The molecule has 0 saturated heterocycles. The zero-order valence-electron chi connectivity index (χ0n) is 15.8. The molecule has 0 aliphatic heterocycles. The van der Waals surface area contributed by atoms with E-state index in [2.05, 4.69) is 46.5 Å². The van der Waals surface area contributed by atoms with Crippen LogP contribution in [0.25, 0.3) is 16.7 Å². The third-order valence-corrected chi connectivity index (χ3v) is 4.62. The number of fused-ring (bicyclic) bond motifs is 1. The number of anilines is 1. The first-order valence-corrected chi connectivity index (χ1v) is 9.21. The predicted molar refractivity (Wildman–Crippen MR) is 106 cm³/mol. The number of aryl methyl sites for hydroxylation is 2. The number of nitrogens with zero attached hydrogens (tertiary/aromatic N) is 6. The van der Waals surface area contributed by atoms with E-state index in [0.29, 0.717) is 0 Å². The van der Waals surface area contributed by atoms with E-state index in [9.17, 15) is 0 Å². The summed E-state index contributed by atoms with van der Waals surface area (Å²) in [4.78, 5) is 9.42.